The van der Waals surface area contributed by atoms with Crippen LogP contribution in [0.5, 0.6) is 5.75 Å². The molecule has 29 heavy (non-hydrogen) atoms. The van der Waals surface area contributed by atoms with Gasteiger partial charge in [-0.1, -0.05) is 11.3 Å². The molecule has 4 aromatic rings. The van der Waals surface area contributed by atoms with Crippen molar-refractivity contribution < 1.29 is 13.9 Å². The van der Waals surface area contributed by atoms with E-state index in [1.165, 1.54) is 23.5 Å². The molecule has 0 fully saturated rings. The van der Waals surface area contributed by atoms with Crippen LogP contribution in [0.2, 0.25) is 0 Å². The van der Waals surface area contributed by atoms with E-state index in [4.69, 9.17) is 4.74 Å². The van der Waals surface area contributed by atoms with Crippen molar-refractivity contribution in [3.05, 3.63) is 72.3 Å². The van der Waals surface area contributed by atoms with Crippen LogP contribution in [0.3, 0.4) is 0 Å². The third-order valence-corrected chi connectivity index (χ3v) is 5.38. The van der Waals surface area contributed by atoms with Crippen molar-refractivity contribution in [2.75, 3.05) is 18.1 Å². The van der Waals surface area contributed by atoms with Crippen LogP contribution in [0.4, 0.5) is 9.52 Å². The number of halogens is 1. The molecule has 148 valence electrons. The Morgan fingerprint density at radius 1 is 1.24 bits per heavy atom. The molecule has 0 saturated carbocycles. The molecule has 4 rings (SSSR count). The van der Waals surface area contributed by atoms with Crippen molar-refractivity contribution in [2.45, 2.75) is 13.5 Å². The summed E-state index contributed by atoms with van der Waals surface area (Å²) in [6, 6.07) is 13.3. The molecular weight excluding hydrogens is 391 g/mol. The summed E-state index contributed by atoms with van der Waals surface area (Å²) in [6.07, 6.45) is 3.53. The summed E-state index contributed by atoms with van der Waals surface area (Å²) < 4.78 is 21.5. The number of rotatable bonds is 7. The number of hydrogen-bond acceptors (Lipinski definition) is 5. The summed E-state index contributed by atoms with van der Waals surface area (Å²) in [5.74, 6) is 0.205. The highest BCUT2D eigenvalue weighted by atomic mass is 32.1. The molecule has 0 atom stereocenters. The van der Waals surface area contributed by atoms with E-state index >= 15 is 0 Å². The van der Waals surface area contributed by atoms with Crippen LogP contribution in [-0.2, 0) is 6.54 Å². The number of hydrogen-bond donors (Lipinski definition) is 0. The van der Waals surface area contributed by atoms with E-state index in [0.29, 0.717) is 46.4 Å². The quantitative estimate of drug-likeness (QED) is 0.454. The van der Waals surface area contributed by atoms with Crippen LogP contribution in [0, 0.1) is 5.82 Å². The lowest BCUT2D eigenvalue weighted by Crippen LogP contribution is -2.34. The van der Waals surface area contributed by atoms with Crippen LogP contribution in [-0.4, -0.2) is 33.8 Å². The van der Waals surface area contributed by atoms with Gasteiger partial charge < -0.3 is 4.74 Å². The molecule has 2 aromatic heterocycles. The Morgan fingerprint density at radius 2 is 2.07 bits per heavy atom. The molecule has 0 bridgehead atoms. The molecule has 0 aliphatic carbocycles. The summed E-state index contributed by atoms with van der Waals surface area (Å²) in [6.45, 7) is 3.37. The Balaban J connectivity index is 1.65. The van der Waals surface area contributed by atoms with E-state index in [0.717, 1.165) is 0 Å². The molecule has 1 amide bonds. The zero-order valence-corrected chi connectivity index (χ0v) is 16.6. The summed E-state index contributed by atoms with van der Waals surface area (Å²) >= 11 is 1.29. The fraction of sp³-hybridized carbons (Fsp3) is 0.190. The van der Waals surface area contributed by atoms with E-state index in [1.807, 2.05) is 19.2 Å². The number of nitrogens with zero attached hydrogens (tertiary/aromatic N) is 4. The lowest BCUT2D eigenvalue weighted by Gasteiger charge is -2.20. The van der Waals surface area contributed by atoms with Gasteiger partial charge >= 0.3 is 0 Å². The van der Waals surface area contributed by atoms with Gasteiger partial charge in [0.05, 0.1) is 23.4 Å². The molecule has 0 radical (unpaired) electrons. The van der Waals surface area contributed by atoms with Gasteiger partial charge in [0.25, 0.3) is 5.91 Å². The van der Waals surface area contributed by atoms with E-state index in [2.05, 4.69) is 10.1 Å². The number of benzene rings is 2. The maximum Gasteiger partial charge on any atom is 0.260 e. The smallest absolute Gasteiger partial charge is 0.260 e. The second kappa shape index (κ2) is 8.40. The number of fused-ring (bicyclic) bond motifs is 1. The molecule has 0 aliphatic rings. The second-order valence-corrected chi connectivity index (χ2v) is 7.30. The number of anilines is 1. The Kier molecular flexibility index (Phi) is 5.53. The van der Waals surface area contributed by atoms with E-state index in [-0.39, 0.29) is 11.7 Å². The third kappa shape index (κ3) is 4.27. The zero-order chi connectivity index (χ0) is 20.2. The highest BCUT2D eigenvalue weighted by Crippen LogP contribution is 2.30. The first-order valence-electron chi connectivity index (χ1n) is 9.22. The highest BCUT2D eigenvalue weighted by molar-refractivity contribution is 7.22. The van der Waals surface area contributed by atoms with E-state index < -0.39 is 0 Å². The molecule has 2 aromatic carbocycles. The molecule has 0 aliphatic heterocycles. The molecule has 6 nitrogen and oxygen atoms in total. The van der Waals surface area contributed by atoms with Gasteiger partial charge in [-0.15, -0.1) is 0 Å². The molecule has 8 heteroatoms. The number of thiazole rings is 1. The predicted molar refractivity (Wildman–Crippen MR) is 111 cm³/mol. The van der Waals surface area contributed by atoms with E-state index in [1.54, 1.807) is 46.1 Å². The SMILES string of the molecule is CCOc1ccc(C(=O)N(CCn2cccn2)c2nc3ccc(F)cc3s2)cc1. The first-order chi connectivity index (χ1) is 14.1. The van der Waals surface area contributed by atoms with Crippen LogP contribution < -0.4 is 9.64 Å². The number of carbonyl (C=O) groups excluding carboxylic acids is 1. The van der Waals surface area contributed by atoms with Crippen LogP contribution in [0.15, 0.2) is 60.9 Å². The molecule has 0 unspecified atom stereocenters. The average molecular weight is 410 g/mol. The summed E-state index contributed by atoms with van der Waals surface area (Å²) in [5, 5.41) is 4.72. The first-order valence-corrected chi connectivity index (χ1v) is 10.0. The second-order valence-electron chi connectivity index (χ2n) is 6.29. The normalized spacial score (nSPS) is 11.0. The topological polar surface area (TPSA) is 60.2 Å². The Labute approximate surface area is 171 Å². The molecule has 0 spiro atoms. The van der Waals surface area contributed by atoms with Crippen molar-refractivity contribution in [2.24, 2.45) is 0 Å². The Hall–Kier alpha value is -3.26. The monoisotopic (exact) mass is 410 g/mol. The van der Waals surface area contributed by atoms with Crippen molar-refractivity contribution in [1.29, 1.82) is 0 Å². The molecular formula is C21H19FN4O2S. The zero-order valence-electron chi connectivity index (χ0n) is 15.8. The minimum Gasteiger partial charge on any atom is -0.494 e. The van der Waals surface area contributed by atoms with Gasteiger partial charge in [-0.3, -0.25) is 14.4 Å². The van der Waals surface area contributed by atoms with Crippen LogP contribution >= 0.6 is 11.3 Å². The highest BCUT2D eigenvalue weighted by Gasteiger charge is 2.21. The number of carbonyl (C=O) groups is 1. The Morgan fingerprint density at radius 3 is 2.79 bits per heavy atom. The van der Waals surface area contributed by atoms with Crippen molar-refractivity contribution in [3.63, 3.8) is 0 Å². The summed E-state index contributed by atoms with van der Waals surface area (Å²) in [4.78, 5) is 19.4. The predicted octanol–water partition coefficient (Wildman–Crippen LogP) is 4.38. The van der Waals surface area contributed by atoms with Crippen LogP contribution in [0.25, 0.3) is 10.2 Å². The lowest BCUT2D eigenvalue weighted by molar-refractivity contribution is 0.0985. The minimum absolute atomic E-state index is 0.181. The minimum atomic E-state index is -0.325. The number of aromatic nitrogens is 3. The maximum absolute atomic E-state index is 13.6. The van der Waals surface area contributed by atoms with Gasteiger partial charge in [0.15, 0.2) is 5.13 Å². The number of ether oxygens (including phenoxy) is 1. The summed E-state index contributed by atoms with van der Waals surface area (Å²) in [7, 11) is 0. The van der Waals surface area contributed by atoms with Gasteiger partial charge in [0.1, 0.15) is 11.6 Å². The standard InChI is InChI=1S/C21H19FN4O2S/c1-2-28-17-7-4-15(5-8-17)20(27)26(13-12-25-11-3-10-23-25)21-24-18-9-6-16(22)14-19(18)29-21/h3-11,14H,2,12-13H2,1H3. The fourth-order valence-electron chi connectivity index (χ4n) is 2.94. The van der Waals surface area contributed by atoms with E-state index in [9.17, 15) is 9.18 Å². The van der Waals surface area contributed by atoms with Gasteiger partial charge in [0.2, 0.25) is 0 Å². The van der Waals surface area contributed by atoms with Gasteiger partial charge in [0, 0.05) is 24.5 Å². The third-order valence-electron chi connectivity index (χ3n) is 4.34. The lowest BCUT2D eigenvalue weighted by atomic mass is 10.2. The average Bonchev–Trinajstić information content (AvgIpc) is 3.38. The van der Waals surface area contributed by atoms with Crippen LogP contribution in [0.1, 0.15) is 17.3 Å². The maximum atomic E-state index is 13.6. The van der Waals surface area contributed by atoms with Gasteiger partial charge in [-0.05, 0) is 55.5 Å². The molecule has 0 N–H and O–H groups in total. The van der Waals surface area contributed by atoms with Crippen molar-refractivity contribution >= 4 is 32.6 Å². The first kappa shape index (κ1) is 19.1. The van der Waals surface area contributed by atoms with Gasteiger partial charge in [-0.2, -0.15) is 5.10 Å². The summed E-state index contributed by atoms with van der Waals surface area (Å²) in [5.41, 5.74) is 1.19. The van der Waals surface area contributed by atoms with Crippen molar-refractivity contribution in [1.82, 2.24) is 14.8 Å². The van der Waals surface area contributed by atoms with Gasteiger partial charge in [-0.25, -0.2) is 9.37 Å². The van der Waals surface area contributed by atoms with Crippen molar-refractivity contribution in [3.8, 4) is 5.75 Å². The largest absolute Gasteiger partial charge is 0.494 e. The molecule has 0 saturated heterocycles. The number of amides is 1. The fourth-order valence-corrected chi connectivity index (χ4v) is 3.95. The molecule has 2 heterocycles. The Bertz CT molecular complexity index is 1110.